The SMILES string of the molecule is CC(C)N1CCCCC1.Nc1ccc(=O)[nH]c1. The Morgan fingerprint density at radius 3 is 2.24 bits per heavy atom. The van der Waals surface area contributed by atoms with Crippen LogP contribution < -0.4 is 11.3 Å². The molecule has 0 saturated carbocycles. The highest BCUT2D eigenvalue weighted by atomic mass is 16.1. The van der Waals surface area contributed by atoms with Crippen LogP contribution in [0.4, 0.5) is 5.69 Å². The maximum Gasteiger partial charge on any atom is 0.248 e. The van der Waals surface area contributed by atoms with Crippen LogP contribution in [0.5, 0.6) is 0 Å². The zero-order valence-corrected chi connectivity index (χ0v) is 10.8. The first-order valence-corrected chi connectivity index (χ1v) is 6.28. The van der Waals surface area contributed by atoms with Crippen LogP contribution >= 0.6 is 0 Å². The Morgan fingerprint density at radius 2 is 1.88 bits per heavy atom. The fourth-order valence-corrected chi connectivity index (χ4v) is 1.86. The van der Waals surface area contributed by atoms with Crippen LogP contribution in [0, 0.1) is 0 Å². The zero-order valence-electron chi connectivity index (χ0n) is 10.8. The molecule has 1 aliphatic rings. The molecule has 0 radical (unpaired) electrons. The van der Waals surface area contributed by atoms with E-state index in [0.717, 1.165) is 6.04 Å². The molecule has 2 rings (SSSR count). The average Bonchev–Trinajstić information content (AvgIpc) is 2.35. The third-order valence-electron chi connectivity index (χ3n) is 2.93. The lowest BCUT2D eigenvalue weighted by Gasteiger charge is -2.29. The van der Waals surface area contributed by atoms with Gasteiger partial charge >= 0.3 is 0 Å². The topological polar surface area (TPSA) is 62.1 Å². The van der Waals surface area contributed by atoms with Gasteiger partial charge in [0.25, 0.3) is 0 Å². The van der Waals surface area contributed by atoms with E-state index in [1.807, 2.05) is 0 Å². The van der Waals surface area contributed by atoms with E-state index < -0.39 is 0 Å². The summed E-state index contributed by atoms with van der Waals surface area (Å²) < 4.78 is 0. The smallest absolute Gasteiger partial charge is 0.248 e. The number of H-pyrrole nitrogens is 1. The molecule has 0 atom stereocenters. The number of rotatable bonds is 1. The molecule has 17 heavy (non-hydrogen) atoms. The summed E-state index contributed by atoms with van der Waals surface area (Å²) in [4.78, 5) is 15.3. The molecule has 4 heteroatoms. The number of nitrogen functional groups attached to an aromatic ring is 1. The van der Waals surface area contributed by atoms with Gasteiger partial charge in [0.2, 0.25) is 5.56 Å². The second-order valence-electron chi connectivity index (χ2n) is 4.68. The van der Waals surface area contributed by atoms with E-state index >= 15 is 0 Å². The molecule has 1 aliphatic heterocycles. The Hall–Kier alpha value is -1.29. The van der Waals surface area contributed by atoms with E-state index in [9.17, 15) is 4.79 Å². The maximum atomic E-state index is 10.3. The third kappa shape index (κ3) is 5.54. The first kappa shape index (κ1) is 13.8. The number of hydrogen-bond donors (Lipinski definition) is 2. The standard InChI is InChI=1S/C8H17N.C5H6N2O/c1-8(2)9-6-4-3-5-7-9;6-4-1-2-5(8)7-3-4/h8H,3-7H2,1-2H3;1-3H,6H2,(H,7,8). The van der Waals surface area contributed by atoms with Crippen molar-refractivity contribution in [2.75, 3.05) is 18.8 Å². The van der Waals surface area contributed by atoms with E-state index in [4.69, 9.17) is 5.73 Å². The summed E-state index contributed by atoms with van der Waals surface area (Å²) in [6, 6.07) is 3.71. The van der Waals surface area contributed by atoms with Crippen molar-refractivity contribution >= 4 is 5.69 Å². The number of likely N-dealkylation sites (tertiary alicyclic amines) is 1. The monoisotopic (exact) mass is 237 g/mol. The van der Waals surface area contributed by atoms with Crippen molar-refractivity contribution in [3.05, 3.63) is 28.7 Å². The molecule has 96 valence electrons. The molecule has 1 fully saturated rings. The summed E-state index contributed by atoms with van der Waals surface area (Å²) in [6.07, 6.45) is 5.74. The second kappa shape index (κ2) is 7.12. The van der Waals surface area contributed by atoms with Crippen LogP contribution in [0.3, 0.4) is 0 Å². The maximum absolute atomic E-state index is 10.3. The van der Waals surface area contributed by atoms with Crippen molar-refractivity contribution in [3.63, 3.8) is 0 Å². The van der Waals surface area contributed by atoms with Gasteiger partial charge in [-0.2, -0.15) is 0 Å². The van der Waals surface area contributed by atoms with E-state index in [1.54, 1.807) is 6.07 Å². The molecule has 0 spiro atoms. The number of anilines is 1. The van der Waals surface area contributed by atoms with Crippen molar-refractivity contribution in [3.8, 4) is 0 Å². The lowest BCUT2D eigenvalue weighted by Crippen LogP contribution is -2.35. The van der Waals surface area contributed by atoms with Crippen LogP contribution in [-0.2, 0) is 0 Å². The number of aromatic nitrogens is 1. The van der Waals surface area contributed by atoms with Gasteiger partial charge in [0.1, 0.15) is 0 Å². The van der Waals surface area contributed by atoms with Gasteiger partial charge in [0.05, 0.1) is 0 Å². The first-order chi connectivity index (χ1) is 8.09. The molecule has 0 bridgehead atoms. The van der Waals surface area contributed by atoms with Crippen LogP contribution in [0.15, 0.2) is 23.1 Å². The molecular formula is C13H23N3O. The van der Waals surface area contributed by atoms with Crippen molar-refractivity contribution in [1.82, 2.24) is 9.88 Å². The van der Waals surface area contributed by atoms with Crippen LogP contribution in [0.25, 0.3) is 0 Å². The minimum atomic E-state index is -0.126. The van der Waals surface area contributed by atoms with Crippen LogP contribution in [0.1, 0.15) is 33.1 Å². The minimum absolute atomic E-state index is 0.126. The number of piperidine rings is 1. The Morgan fingerprint density at radius 1 is 1.24 bits per heavy atom. The lowest BCUT2D eigenvalue weighted by atomic mass is 10.1. The van der Waals surface area contributed by atoms with E-state index in [0.29, 0.717) is 5.69 Å². The largest absolute Gasteiger partial charge is 0.398 e. The molecule has 2 heterocycles. The van der Waals surface area contributed by atoms with Crippen molar-refractivity contribution in [2.45, 2.75) is 39.2 Å². The zero-order chi connectivity index (χ0) is 12.7. The molecule has 1 aromatic heterocycles. The van der Waals surface area contributed by atoms with E-state index in [1.165, 1.54) is 44.6 Å². The summed E-state index contributed by atoms with van der Waals surface area (Å²) in [5.74, 6) is 0. The van der Waals surface area contributed by atoms with Crippen molar-refractivity contribution in [1.29, 1.82) is 0 Å². The number of nitrogens with zero attached hydrogens (tertiary/aromatic N) is 1. The Bertz CT molecular complexity index is 347. The summed E-state index contributed by atoms with van der Waals surface area (Å²) in [6.45, 7) is 7.23. The van der Waals surface area contributed by atoms with Gasteiger partial charge in [-0.1, -0.05) is 6.42 Å². The molecule has 1 aromatic rings. The molecular weight excluding hydrogens is 214 g/mol. The van der Waals surface area contributed by atoms with E-state index in [-0.39, 0.29) is 5.56 Å². The number of nitrogens with one attached hydrogen (secondary N) is 1. The summed E-state index contributed by atoms with van der Waals surface area (Å²) in [5.41, 5.74) is 5.70. The predicted molar refractivity (Wildman–Crippen MR) is 72.0 cm³/mol. The van der Waals surface area contributed by atoms with Crippen LogP contribution in [0.2, 0.25) is 0 Å². The molecule has 0 aromatic carbocycles. The van der Waals surface area contributed by atoms with Crippen molar-refractivity contribution in [2.24, 2.45) is 0 Å². The molecule has 0 aliphatic carbocycles. The third-order valence-corrected chi connectivity index (χ3v) is 2.93. The lowest BCUT2D eigenvalue weighted by molar-refractivity contribution is 0.185. The average molecular weight is 237 g/mol. The minimum Gasteiger partial charge on any atom is -0.398 e. The summed E-state index contributed by atoms with van der Waals surface area (Å²) in [5, 5.41) is 0. The highest BCUT2D eigenvalue weighted by Gasteiger charge is 2.11. The quantitative estimate of drug-likeness (QED) is 0.783. The summed E-state index contributed by atoms with van der Waals surface area (Å²) >= 11 is 0. The van der Waals surface area contributed by atoms with Gasteiger partial charge in [0, 0.05) is 24.0 Å². The van der Waals surface area contributed by atoms with Gasteiger partial charge in [-0.05, 0) is 45.8 Å². The molecule has 4 nitrogen and oxygen atoms in total. The van der Waals surface area contributed by atoms with Gasteiger partial charge < -0.3 is 15.6 Å². The number of nitrogens with two attached hydrogens (primary N) is 1. The number of aromatic amines is 1. The molecule has 0 amide bonds. The second-order valence-corrected chi connectivity index (χ2v) is 4.68. The highest BCUT2D eigenvalue weighted by molar-refractivity contribution is 5.32. The van der Waals surface area contributed by atoms with E-state index in [2.05, 4.69) is 23.7 Å². The summed E-state index contributed by atoms with van der Waals surface area (Å²) in [7, 11) is 0. The Balaban J connectivity index is 0.000000171. The normalized spacial score (nSPS) is 16.4. The molecule has 0 unspecified atom stereocenters. The van der Waals surface area contributed by atoms with Gasteiger partial charge in [0.15, 0.2) is 0 Å². The molecule has 1 saturated heterocycles. The fraction of sp³-hybridized carbons (Fsp3) is 0.615. The highest BCUT2D eigenvalue weighted by Crippen LogP contribution is 2.10. The first-order valence-electron chi connectivity index (χ1n) is 6.28. The van der Waals surface area contributed by atoms with Crippen molar-refractivity contribution < 1.29 is 0 Å². The van der Waals surface area contributed by atoms with Gasteiger partial charge in [-0.15, -0.1) is 0 Å². The van der Waals surface area contributed by atoms with Gasteiger partial charge in [-0.3, -0.25) is 4.79 Å². The fourth-order valence-electron chi connectivity index (χ4n) is 1.86. The van der Waals surface area contributed by atoms with Gasteiger partial charge in [-0.25, -0.2) is 0 Å². The Labute approximate surface area is 103 Å². The number of hydrogen-bond acceptors (Lipinski definition) is 3. The molecule has 3 N–H and O–H groups in total. The van der Waals surface area contributed by atoms with Crippen LogP contribution in [-0.4, -0.2) is 29.0 Å². The number of pyridine rings is 1. The Kier molecular flexibility index (Phi) is 5.77. The predicted octanol–water partition coefficient (Wildman–Crippen LogP) is 1.84.